The molecule has 3 rings (SSSR count). The maximum atomic E-state index is 12.6. The van der Waals surface area contributed by atoms with Gasteiger partial charge in [0.1, 0.15) is 13.2 Å². The average Bonchev–Trinajstić information content (AvgIpc) is 2.66. The second-order valence-corrected chi connectivity index (χ2v) is 7.40. The van der Waals surface area contributed by atoms with Crippen molar-refractivity contribution in [1.82, 2.24) is 15.1 Å². The summed E-state index contributed by atoms with van der Waals surface area (Å²) in [6.45, 7) is 13.1. The summed E-state index contributed by atoms with van der Waals surface area (Å²) >= 11 is 0. The number of rotatable bonds is 6. The van der Waals surface area contributed by atoms with Crippen LogP contribution < -0.4 is 14.8 Å². The third-order valence-electron chi connectivity index (χ3n) is 5.19. The Labute approximate surface area is 156 Å². The van der Waals surface area contributed by atoms with Crippen LogP contribution in [-0.4, -0.2) is 68.2 Å². The summed E-state index contributed by atoms with van der Waals surface area (Å²) in [5, 5.41) is 3.22. The Morgan fingerprint density at radius 2 is 1.73 bits per heavy atom. The van der Waals surface area contributed by atoms with Gasteiger partial charge in [-0.15, -0.1) is 0 Å². The molecule has 6 heteroatoms. The van der Waals surface area contributed by atoms with Crippen molar-refractivity contribution in [3.05, 3.63) is 23.8 Å². The fraction of sp³-hybridized carbons (Fsp3) is 0.650. The van der Waals surface area contributed by atoms with Crippen LogP contribution in [-0.2, 0) is 4.79 Å². The molecule has 0 aromatic heterocycles. The van der Waals surface area contributed by atoms with E-state index in [1.165, 1.54) is 0 Å². The number of amides is 1. The molecule has 0 unspecified atom stereocenters. The molecule has 26 heavy (non-hydrogen) atoms. The molecule has 6 nitrogen and oxygen atoms in total. The Bertz CT molecular complexity index is 612. The van der Waals surface area contributed by atoms with Gasteiger partial charge in [-0.3, -0.25) is 9.69 Å². The minimum Gasteiger partial charge on any atom is -0.486 e. The van der Waals surface area contributed by atoms with Gasteiger partial charge in [0.05, 0.1) is 12.6 Å². The Hall–Kier alpha value is -1.79. The van der Waals surface area contributed by atoms with Crippen LogP contribution in [0.5, 0.6) is 11.5 Å². The number of benzene rings is 1. The molecule has 1 saturated heterocycles. The molecule has 1 fully saturated rings. The van der Waals surface area contributed by atoms with E-state index in [1.807, 2.05) is 18.2 Å². The first kappa shape index (κ1) is 19.0. The summed E-state index contributed by atoms with van der Waals surface area (Å²) in [7, 11) is 0. The highest BCUT2D eigenvalue weighted by Crippen LogP contribution is 2.34. The van der Waals surface area contributed by atoms with Crippen molar-refractivity contribution in [1.29, 1.82) is 0 Å². The van der Waals surface area contributed by atoms with Crippen molar-refractivity contribution in [3.63, 3.8) is 0 Å². The number of piperazine rings is 1. The number of carbonyl (C=O) groups is 1. The summed E-state index contributed by atoms with van der Waals surface area (Å²) in [6, 6.07) is 5.93. The van der Waals surface area contributed by atoms with Crippen LogP contribution in [0.4, 0.5) is 0 Å². The largest absolute Gasteiger partial charge is 0.486 e. The number of ether oxygens (including phenoxy) is 2. The Morgan fingerprint density at radius 3 is 2.38 bits per heavy atom. The Balaban J connectivity index is 1.61. The molecule has 1 N–H and O–H groups in total. The lowest BCUT2D eigenvalue weighted by Crippen LogP contribution is -2.49. The number of carbonyl (C=O) groups excluding carboxylic acids is 1. The lowest BCUT2D eigenvalue weighted by Gasteiger charge is -2.34. The zero-order valence-corrected chi connectivity index (χ0v) is 16.2. The summed E-state index contributed by atoms with van der Waals surface area (Å²) in [5.74, 6) is 1.92. The van der Waals surface area contributed by atoms with Gasteiger partial charge in [-0.2, -0.15) is 0 Å². The number of likely N-dealkylation sites (N-methyl/N-ethyl adjacent to an activating group) is 1. The van der Waals surface area contributed by atoms with Crippen LogP contribution in [0.3, 0.4) is 0 Å². The van der Waals surface area contributed by atoms with Gasteiger partial charge in [-0.25, -0.2) is 0 Å². The highest BCUT2D eigenvalue weighted by molar-refractivity contribution is 5.78. The zero-order valence-electron chi connectivity index (χ0n) is 16.2. The van der Waals surface area contributed by atoms with Gasteiger partial charge in [0.25, 0.3) is 0 Å². The van der Waals surface area contributed by atoms with Gasteiger partial charge >= 0.3 is 0 Å². The predicted molar refractivity (Wildman–Crippen MR) is 102 cm³/mol. The number of nitrogens with one attached hydrogen (secondary N) is 1. The van der Waals surface area contributed by atoms with Crippen molar-refractivity contribution in [3.8, 4) is 11.5 Å². The van der Waals surface area contributed by atoms with Gasteiger partial charge in [-0.1, -0.05) is 26.8 Å². The first-order valence-electron chi connectivity index (χ1n) is 9.70. The Morgan fingerprint density at radius 1 is 1.08 bits per heavy atom. The molecule has 0 spiro atoms. The van der Waals surface area contributed by atoms with E-state index in [4.69, 9.17) is 9.47 Å². The van der Waals surface area contributed by atoms with Crippen molar-refractivity contribution in [2.24, 2.45) is 5.92 Å². The summed E-state index contributed by atoms with van der Waals surface area (Å²) in [6.07, 6.45) is 0. The van der Waals surface area contributed by atoms with Crippen LogP contribution in [0, 0.1) is 5.92 Å². The summed E-state index contributed by atoms with van der Waals surface area (Å²) < 4.78 is 11.3. The van der Waals surface area contributed by atoms with Crippen LogP contribution in [0.1, 0.15) is 32.4 Å². The molecule has 1 atom stereocenters. The van der Waals surface area contributed by atoms with Gasteiger partial charge in [0.15, 0.2) is 11.5 Å². The van der Waals surface area contributed by atoms with E-state index < -0.39 is 0 Å². The number of fused-ring (bicyclic) bond motifs is 1. The van der Waals surface area contributed by atoms with E-state index >= 15 is 0 Å². The third-order valence-corrected chi connectivity index (χ3v) is 5.19. The molecule has 0 radical (unpaired) electrons. The Kier molecular flexibility index (Phi) is 6.38. The molecule has 2 heterocycles. The van der Waals surface area contributed by atoms with Crippen molar-refractivity contribution in [2.75, 3.05) is 52.5 Å². The molecular formula is C20H31N3O3. The fourth-order valence-corrected chi connectivity index (χ4v) is 3.57. The van der Waals surface area contributed by atoms with Crippen LogP contribution in [0.25, 0.3) is 0 Å². The fourth-order valence-electron chi connectivity index (χ4n) is 3.57. The summed E-state index contributed by atoms with van der Waals surface area (Å²) in [5.41, 5.74) is 1.06. The highest BCUT2D eigenvalue weighted by atomic mass is 16.6. The summed E-state index contributed by atoms with van der Waals surface area (Å²) in [4.78, 5) is 17.3. The lowest BCUT2D eigenvalue weighted by atomic mass is 9.95. The molecular weight excluding hydrogens is 330 g/mol. The van der Waals surface area contributed by atoms with E-state index in [-0.39, 0.29) is 11.9 Å². The molecule has 2 aliphatic heterocycles. The highest BCUT2D eigenvalue weighted by Gasteiger charge is 2.23. The third kappa shape index (κ3) is 4.68. The normalized spacial score (nSPS) is 19.4. The average molecular weight is 361 g/mol. The van der Waals surface area contributed by atoms with Gasteiger partial charge in [-0.05, 0) is 30.2 Å². The molecule has 0 saturated carbocycles. The maximum absolute atomic E-state index is 12.6. The van der Waals surface area contributed by atoms with Crippen molar-refractivity contribution >= 4 is 5.91 Å². The standard InChI is InChI=1S/C20H31N3O3/c1-4-22-7-9-23(10-8-22)14-19(24)21-20(15(2)3)16-5-6-17-18(13-16)26-12-11-25-17/h5-6,13,15,20H,4,7-12,14H2,1-3H3,(H,21,24)/t20-/m0/s1. The monoisotopic (exact) mass is 361 g/mol. The van der Waals surface area contributed by atoms with Crippen molar-refractivity contribution in [2.45, 2.75) is 26.8 Å². The van der Waals surface area contributed by atoms with E-state index in [0.29, 0.717) is 25.7 Å². The molecule has 0 aliphatic carbocycles. The maximum Gasteiger partial charge on any atom is 0.234 e. The minimum atomic E-state index is -0.0322. The van der Waals surface area contributed by atoms with Crippen LogP contribution in [0.2, 0.25) is 0 Å². The molecule has 0 bridgehead atoms. The lowest BCUT2D eigenvalue weighted by molar-refractivity contribution is -0.123. The van der Waals surface area contributed by atoms with Crippen molar-refractivity contribution < 1.29 is 14.3 Å². The SMILES string of the molecule is CCN1CCN(CC(=O)N[C@H](c2ccc3c(c2)OCCO3)C(C)C)CC1. The van der Waals surface area contributed by atoms with Gasteiger partial charge in [0, 0.05) is 26.2 Å². The van der Waals surface area contributed by atoms with E-state index in [2.05, 4.69) is 35.9 Å². The van der Waals surface area contributed by atoms with Crippen LogP contribution in [0.15, 0.2) is 18.2 Å². The first-order valence-corrected chi connectivity index (χ1v) is 9.70. The smallest absolute Gasteiger partial charge is 0.234 e. The topological polar surface area (TPSA) is 54.0 Å². The molecule has 1 aromatic rings. The van der Waals surface area contributed by atoms with Crippen LogP contribution >= 0.6 is 0 Å². The second kappa shape index (κ2) is 8.73. The zero-order chi connectivity index (χ0) is 18.5. The number of nitrogens with zero attached hydrogens (tertiary/aromatic N) is 2. The molecule has 1 aromatic carbocycles. The first-order chi connectivity index (χ1) is 12.6. The number of hydrogen-bond donors (Lipinski definition) is 1. The minimum absolute atomic E-state index is 0.0322. The van der Waals surface area contributed by atoms with E-state index in [9.17, 15) is 4.79 Å². The van der Waals surface area contributed by atoms with E-state index in [1.54, 1.807) is 0 Å². The number of hydrogen-bond acceptors (Lipinski definition) is 5. The van der Waals surface area contributed by atoms with E-state index in [0.717, 1.165) is 49.8 Å². The molecule has 144 valence electrons. The molecule has 2 aliphatic rings. The predicted octanol–water partition coefficient (Wildman–Crippen LogP) is 1.91. The second-order valence-electron chi connectivity index (χ2n) is 7.40. The van der Waals surface area contributed by atoms with Gasteiger partial charge < -0.3 is 19.7 Å². The quantitative estimate of drug-likeness (QED) is 0.839. The molecule has 1 amide bonds. The van der Waals surface area contributed by atoms with Gasteiger partial charge in [0.2, 0.25) is 5.91 Å².